The van der Waals surface area contributed by atoms with E-state index in [1.165, 1.54) is 12.3 Å². The van der Waals surface area contributed by atoms with Gasteiger partial charge in [-0.1, -0.05) is 0 Å². The van der Waals surface area contributed by atoms with Gasteiger partial charge in [0.15, 0.2) is 0 Å². The zero-order valence-electron chi connectivity index (χ0n) is 10.2. The number of amides is 1. The lowest BCUT2D eigenvalue weighted by Gasteiger charge is -2.23. The average Bonchev–Trinajstić information content (AvgIpc) is 3.18. The van der Waals surface area contributed by atoms with Crippen molar-refractivity contribution in [1.82, 2.24) is 9.88 Å². The molecule has 5 nitrogen and oxygen atoms in total. The molecule has 1 amide bonds. The monoisotopic (exact) mass is 288 g/mol. The Balaban J connectivity index is 2.31. The Morgan fingerprint density at radius 1 is 1.40 bits per heavy atom. The molecule has 108 valence electrons. The summed E-state index contributed by atoms with van der Waals surface area (Å²) in [5.74, 6) is -2.40. The molecule has 20 heavy (non-hydrogen) atoms. The van der Waals surface area contributed by atoms with Crippen LogP contribution < -0.4 is 0 Å². The number of aromatic carboxylic acids is 1. The number of carboxylic acid groups (broad SMARTS) is 1. The molecule has 0 bridgehead atoms. The first-order chi connectivity index (χ1) is 9.29. The molecule has 1 aromatic rings. The molecule has 1 saturated carbocycles. The number of carboxylic acids is 1. The van der Waals surface area contributed by atoms with Crippen molar-refractivity contribution >= 4 is 11.9 Å². The Morgan fingerprint density at radius 2 is 2.05 bits per heavy atom. The van der Waals surface area contributed by atoms with E-state index in [1.54, 1.807) is 0 Å². The van der Waals surface area contributed by atoms with Crippen molar-refractivity contribution < 1.29 is 27.9 Å². The van der Waals surface area contributed by atoms with Gasteiger partial charge in [0.25, 0.3) is 5.91 Å². The van der Waals surface area contributed by atoms with Crippen LogP contribution in [0.4, 0.5) is 13.2 Å². The highest BCUT2D eigenvalue weighted by atomic mass is 19.4. The molecule has 0 aromatic carbocycles. The number of alkyl halides is 3. The smallest absolute Gasteiger partial charge is 0.406 e. The van der Waals surface area contributed by atoms with Gasteiger partial charge in [0, 0.05) is 12.2 Å². The highest BCUT2D eigenvalue weighted by Gasteiger charge is 2.42. The molecule has 0 saturated heterocycles. The predicted molar refractivity (Wildman–Crippen MR) is 61.3 cm³/mol. The normalized spacial score (nSPS) is 14.9. The summed E-state index contributed by atoms with van der Waals surface area (Å²) >= 11 is 0. The molecule has 0 atom stereocenters. The SMILES string of the molecule is O=C(O)c1cccnc1C(=O)N(CC(F)(F)F)C1CC1. The van der Waals surface area contributed by atoms with E-state index >= 15 is 0 Å². The van der Waals surface area contributed by atoms with E-state index in [0.29, 0.717) is 17.7 Å². The molecule has 1 N–H and O–H groups in total. The summed E-state index contributed by atoms with van der Waals surface area (Å²) in [6.45, 7) is -1.40. The third-order valence-corrected chi connectivity index (χ3v) is 2.84. The lowest BCUT2D eigenvalue weighted by atomic mass is 10.1. The summed E-state index contributed by atoms with van der Waals surface area (Å²) in [6, 6.07) is 1.96. The van der Waals surface area contributed by atoms with E-state index in [4.69, 9.17) is 5.11 Å². The Labute approximate surface area is 112 Å². The highest BCUT2D eigenvalue weighted by Crippen LogP contribution is 2.31. The van der Waals surface area contributed by atoms with Gasteiger partial charge in [0.2, 0.25) is 0 Å². The average molecular weight is 288 g/mol. The van der Waals surface area contributed by atoms with Gasteiger partial charge in [0.05, 0.1) is 5.56 Å². The fourth-order valence-electron chi connectivity index (χ4n) is 1.83. The number of carbonyl (C=O) groups excluding carboxylic acids is 1. The Bertz CT molecular complexity index is 541. The van der Waals surface area contributed by atoms with E-state index < -0.39 is 41.9 Å². The Hall–Kier alpha value is -2.12. The second-order valence-corrected chi connectivity index (χ2v) is 4.48. The van der Waals surface area contributed by atoms with Gasteiger partial charge in [-0.25, -0.2) is 4.79 Å². The fourth-order valence-corrected chi connectivity index (χ4v) is 1.83. The minimum absolute atomic E-state index is 0.398. The van der Waals surface area contributed by atoms with Gasteiger partial charge >= 0.3 is 12.1 Å². The van der Waals surface area contributed by atoms with Gasteiger partial charge in [-0.05, 0) is 25.0 Å². The van der Waals surface area contributed by atoms with Gasteiger partial charge in [-0.15, -0.1) is 0 Å². The molecule has 0 aliphatic heterocycles. The summed E-state index contributed by atoms with van der Waals surface area (Å²) in [5, 5.41) is 8.95. The lowest BCUT2D eigenvalue weighted by Crippen LogP contribution is -2.41. The third-order valence-electron chi connectivity index (χ3n) is 2.84. The molecule has 1 aromatic heterocycles. The van der Waals surface area contributed by atoms with Gasteiger partial charge in [0.1, 0.15) is 12.2 Å². The van der Waals surface area contributed by atoms with Crippen molar-refractivity contribution in [2.24, 2.45) is 0 Å². The van der Waals surface area contributed by atoms with Crippen molar-refractivity contribution in [1.29, 1.82) is 0 Å². The maximum atomic E-state index is 12.5. The van der Waals surface area contributed by atoms with Crippen molar-refractivity contribution in [2.45, 2.75) is 25.1 Å². The third kappa shape index (κ3) is 3.25. The molecule has 0 radical (unpaired) electrons. The molecule has 0 unspecified atom stereocenters. The van der Waals surface area contributed by atoms with Crippen LogP contribution in [0.15, 0.2) is 18.3 Å². The van der Waals surface area contributed by atoms with Crippen molar-refractivity contribution in [2.75, 3.05) is 6.54 Å². The molecule has 1 aliphatic rings. The van der Waals surface area contributed by atoms with Crippen LogP contribution in [0.2, 0.25) is 0 Å². The molecule has 0 spiro atoms. The molecule has 1 heterocycles. The molecular formula is C12H11F3N2O3. The van der Waals surface area contributed by atoms with Crippen LogP contribution in [-0.4, -0.2) is 45.6 Å². The first-order valence-electron chi connectivity index (χ1n) is 5.85. The van der Waals surface area contributed by atoms with E-state index in [1.807, 2.05) is 0 Å². The summed E-state index contributed by atoms with van der Waals surface area (Å²) in [7, 11) is 0. The quantitative estimate of drug-likeness (QED) is 0.919. The van der Waals surface area contributed by atoms with Crippen LogP contribution in [-0.2, 0) is 0 Å². The first-order valence-corrected chi connectivity index (χ1v) is 5.85. The first kappa shape index (κ1) is 14.3. The van der Waals surface area contributed by atoms with E-state index in [2.05, 4.69) is 4.98 Å². The number of rotatable bonds is 4. The van der Waals surface area contributed by atoms with Crippen LogP contribution in [0.3, 0.4) is 0 Å². The highest BCUT2D eigenvalue weighted by molar-refractivity contribution is 6.03. The molecular weight excluding hydrogens is 277 g/mol. The lowest BCUT2D eigenvalue weighted by molar-refractivity contribution is -0.141. The van der Waals surface area contributed by atoms with Crippen molar-refractivity contribution in [3.8, 4) is 0 Å². The number of hydrogen-bond acceptors (Lipinski definition) is 3. The number of hydrogen-bond donors (Lipinski definition) is 1. The molecule has 2 rings (SSSR count). The number of carbonyl (C=O) groups is 2. The molecule has 8 heteroatoms. The molecule has 1 fully saturated rings. The zero-order valence-corrected chi connectivity index (χ0v) is 10.2. The summed E-state index contributed by atoms with van der Waals surface area (Å²) in [4.78, 5) is 27.4. The van der Waals surface area contributed by atoms with Crippen LogP contribution in [0, 0.1) is 0 Å². The van der Waals surface area contributed by atoms with Gasteiger partial charge in [-0.3, -0.25) is 9.78 Å². The maximum absolute atomic E-state index is 12.5. The fraction of sp³-hybridized carbons (Fsp3) is 0.417. The maximum Gasteiger partial charge on any atom is 0.406 e. The van der Waals surface area contributed by atoms with Gasteiger partial charge in [-0.2, -0.15) is 13.2 Å². The second-order valence-electron chi connectivity index (χ2n) is 4.48. The number of nitrogens with zero attached hydrogens (tertiary/aromatic N) is 2. The van der Waals surface area contributed by atoms with Crippen molar-refractivity contribution in [3.05, 3.63) is 29.6 Å². The topological polar surface area (TPSA) is 70.5 Å². The predicted octanol–water partition coefficient (Wildman–Crippen LogP) is 1.95. The Morgan fingerprint density at radius 3 is 2.55 bits per heavy atom. The Kier molecular flexibility index (Phi) is 3.65. The van der Waals surface area contributed by atoms with Crippen molar-refractivity contribution in [3.63, 3.8) is 0 Å². The van der Waals surface area contributed by atoms with Gasteiger partial charge < -0.3 is 10.0 Å². The van der Waals surface area contributed by atoms with Crippen LogP contribution in [0.5, 0.6) is 0 Å². The standard InChI is InChI=1S/C12H11F3N2O3/c13-12(14,15)6-17(7-3-4-7)10(18)9-8(11(19)20)2-1-5-16-9/h1-2,5,7H,3-4,6H2,(H,19,20). The van der Waals surface area contributed by atoms with E-state index in [-0.39, 0.29) is 0 Å². The summed E-state index contributed by atoms with van der Waals surface area (Å²) in [5.41, 5.74) is -0.860. The van der Waals surface area contributed by atoms with Crippen LogP contribution in [0.25, 0.3) is 0 Å². The largest absolute Gasteiger partial charge is 0.478 e. The van der Waals surface area contributed by atoms with Crippen LogP contribution >= 0.6 is 0 Å². The number of aromatic nitrogens is 1. The van der Waals surface area contributed by atoms with E-state index in [0.717, 1.165) is 6.07 Å². The summed E-state index contributed by atoms with van der Waals surface area (Å²) in [6.07, 6.45) is -2.39. The minimum atomic E-state index is -4.53. The second kappa shape index (κ2) is 5.10. The number of pyridine rings is 1. The number of halogens is 3. The molecule has 1 aliphatic carbocycles. The minimum Gasteiger partial charge on any atom is -0.478 e. The zero-order chi connectivity index (χ0) is 14.9. The van der Waals surface area contributed by atoms with E-state index in [9.17, 15) is 22.8 Å². The summed E-state index contributed by atoms with van der Waals surface area (Å²) < 4.78 is 37.5. The van der Waals surface area contributed by atoms with Crippen LogP contribution in [0.1, 0.15) is 33.7 Å².